The maximum atomic E-state index is 12.4. The molecule has 0 radical (unpaired) electrons. The molecule has 9 heteroatoms. The molecule has 0 saturated carbocycles. The lowest BCUT2D eigenvalue weighted by Crippen LogP contribution is -2.59. The van der Waals surface area contributed by atoms with Gasteiger partial charge in [-0.3, -0.25) is 4.79 Å². The Morgan fingerprint density at radius 3 is 2.27 bits per heavy atom. The Hall–Kier alpha value is -1.74. The summed E-state index contributed by atoms with van der Waals surface area (Å²) in [5.41, 5.74) is 0. The monoisotopic (exact) mass is 325 g/mol. The zero-order valence-corrected chi connectivity index (χ0v) is 13.2. The molecule has 8 nitrogen and oxygen atoms in total. The minimum Gasteiger partial charge on any atom is -0.339 e. The summed E-state index contributed by atoms with van der Waals surface area (Å²) in [6.45, 7) is 3.23. The van der Waals surface area contributed by atoms with Crippen LogP contribution in [0, 0.1) is 5.92 Å². The van der Waals surface area contributed by atoms with Crippen LogP contribution in [0.25, 0.3) is 0 Å². The molecule has 2 aliphatic heterocycles. The number of piperazine rings is 1. The number of amides is 1. The predicted octanol–water partition coefficient (Wildman–Crippen LogP) is -0.983. The molecule has 2 fully saturated rings. The summed E-state index contributed by atoms with van der Waals surface area (Å²) in [6.07, 6.45) is 4.58. The van der Waals surface area contributed by atoms with Gasteiger partial charge in [0.25, 0.3) is 0 Å². The number of aromatic nitrogens is 2. The molecule has 1 amide bonds. The van der Waals surface area contributed by atoms with E-state index in [1.54, 1.807) is 18.5 Å². The number of anilines is 1. The summed E-state index contributed by atoms with van der Waals surface area (Å²) in [7, 11) is -3.17. The molecule has 0 atom stereocenters. The van der Waals surface area contributed by atoms with Crippen LogP contribution >= 0.6 is 0 Å². The first-order valence-corrected chi connectivity index (χ1v) is 9.06. The fourth-order valence-corrected chi connectivity index (χ4v) is 3.61. The van der Waals surface area contributed by atoms with Gasteiger partial charge in [0.05, 0.1) is 12.2 Å². The van der Waals surface area contributed by atoms with E-state index in [-0.39, 0.29) is 11.8 Å². The topological polar surface area (TPSA) is 86.7 Å². The summed E-state index contributed by atoms with van der Waals surface area (Å²) in [5, 5.41) is 0. The fraction of sp³-hybridized carbons (Fsp3) is 0.615. The summed E-state index contributed by atoms with van der Waals surface area (Å²) >= 11 is 0. The number of hydrogen-bond donors (Lipinski definition) is 0. The second-order valence-corrected chi connectivity index (χ2v) is 7.62. The third-order valence-corrected chi connectivity index (χ3v) is 5.33. The van der Waals surface area contributed by atoms with Crippen molar-refractivity contribution in [1.82, 2.24) is 19.2 Å². The second kappa shape index (κ2) is 5.81. The molecule has 0 aromatic carbocycles. The van der Waals surface area contributed by atoms with Gasteiger partial charge in [0.2, 0.25) is 21.9 Å². The van der Waals surface area contributed by atoms with E-state index in [0.29, 0.717) is 45.2 Å². The van der Waals surface area contributed by atoms with Gasteiger partial charge in [-0.15, -0.1) is 0 Å². The van der Waals surface area contributed by atoms with Crippen LogP contribution in [0.5, 0.6) is 0 Å². The summed E-state index contributed by atoms with van der Waals surface area (Å²) in [5.74, 6) is 0.532. The van der Waals surface area contributed by atoms with Gasteiger partial charge in [0.1, 0.15) is 0 Å². The largest absolute Gasteiger partial charge is 0.339 e. The highest BCUT2D eigenvalue weighted by molar-refractivity contribution is 7.88. The summed E-state index contributed by atoms with van der Waals surface area (Å²) in [6, 6.07) is 1.77. The third kappa shape index (κ3) is 3.05. The Labute approximate surface area is 129 Å². The summed E-state index contributed by atoms with van der Waals surface area (Å²) < 4.78 is 24.0. The molecule has 3 rings (SSSR count). The van der Waals surface area contributed by atoms with E-state index in [1.807, 2.05) is 9.80 Å². The molecular weight excluding hydrogens is 306 g/mol. The van der Waals surface area contributed by atoms with Crippen molar-refractivity contribution in [2.75, 3.05) is 50.4 Å². The van der Waals surface area contributed by atoms with E-state index in [1.165, 1.54) is 10.6 Å². The quantitative estimate of drug-likeness (QED) is 0.710. The molecule has 22 heavy (non-hydrogen) atoms. The Bertz CT molecular complexity index is 637. The number of nitrogens with zero attached hydrogens (tertiary/aromatic N) is 5. The third-order valence-electron chi connectivity index (χ3n) is 4.09. The van der Waals surface area contributed by atoms with Crippen LogP contribution in [0.3, 0.4) is 0 Å². The Balaban J connectivity index is 1.51. The number of carbonyl (C=O) groups is 1. The van der Waals surface area contributed by atoms with E-state index >= 15 is 0 Å². The molecule has 0 spiro atoms. The number of hydrogen-bond acceptors (Lipinski definition) is 6. The Morgan fingerprint density at radius 1 is 1.14 bits per heavy atom. The highest BCUT2D eigenvalue weighted by Crippen LogP contribution is 2.22. The van der Waals surface area contributed by atoms with Gasteiger partial charge < -0.3 is 9.80 Å². The van der Waals surface area contributed by atoms with Crippen molar-refractivity contribution >= 4 is 21.9 Å². The Morgan fingerprint density at radius 2 is 1.73 bits per heavy atom. The molecule has 1 aromatic heterocycles. The average molecular weight is 325 g/mol. The van der Waals surface area contributed by atoms with Crippen molar-refractivity contribution in [3.63, 3.8) is 0 Å². The molecule has 2 aliphatic rings. The van der Waals surface area contributed by atoms with Crippen molar-refractivity contribution in [2.45, 2.75) is 0 Å². The molecule has 0 aliphatic carbocycles. The van der Waals surface area contributed by atoms with Crippen molar-refractivity contribution in [2.24, 2.45) is 5.92 Å². The van der Waals surface area contributed by atoms with Crippen LogP contribution in [0.4, 0.5) is 5.95 Å². The molecule has 3 heterocycles. The smallest absolute Gasteiger partial charge is 0.228 e. The zero-order chi connectivity index (χ0) is 15.7. The standard InChI is InChI=1S/C13H19N5O3S/c1-22(20,21)18-9-11(10-18)12(19)16-5-7-17(8-6-16)13-14-3-2-4-15-13/h2-4,11H,5-10H2,1H3. The van der Waals surface area contributed by atoms with Crippen LogP contribution in [0.1, 0.15) is 0 Å². The lowest BCUT2D eigenvalue weighted by atomic mass is 10.0. The highest BCUT2D eigenvalue weighted by Gasteiger charge is 2.40. The van der Waals surface area contributed by atoms with Crippen LogP contribution in [0.15, 0.2) is 18.5 Å². The normalized spacial score (nSPS) is 20.8. The highest BCUT2D eigenvalue weighted by atomic mass is 32.2. The number of rotatable bonds is 3. The lowest BCUT2D eigenvalue weighted by molar-refractivity contribution is -0.139. The number of carbonyl (C=O) groups excluding carboxylic acids is 1. The molecule has 0 unspecified atom stereocenters. The van der Waals surface area contributed by atoms with E-state index in [4.69, 9.17) is 0 Å². The molecule has 0 bridgehead atoms. The Kier molecular flexibility index (Phi) is 4.00. The maximum absolute atomic E-state index is 12.4. The average Bonchev–Trinajstić information content (AvgIpc) is 2.45. The van der Waals surface area contributed by atoms with Gasteiger partial charge in [-0.25, -0.2) is 22.7 Å². The van der Waals surface area contributed by atoms with Gasteiger partial charge in [-0.1, -0.05) is 0 Å². The van der Waals surface area contributed by atoms with E-state index in [2.05, 4.69) is 9.97 Å². The number of sulfonamides is 1. The van der Waals surface area contributed by atoms with E-state index in [9.17, 15) is 13.2 Å². The maximum Gasteiger partial charge on any atom is 0.228 e. The first-order valence-electron chi connectivity index (χ1n) is 7.21. The molecule has 0 N–H and O–H groups in total. The van der Waals surface area contributed by atoms with Gasteiger partial charge in [-0.05, 0) is 6.07 Å². The van der Waals surface area contributed by atoms with Crippen molar-refractivity contribution < 1.29 is 13.2 Å². The predicted molar refractivity (Wildman–Crippen MR) is 80.7 cm³/mol. The molecule has 1 aromatic rings. The van der Waals surface area contributed by atoms with Gasteiger partial charge in [-0.2, -0.15) is 0 Å². The van der Waals surface area contributed by atoms with Gasteiger partial charge >= 0.3 is 0 Å². The van der Waals surface area contributed by atoms with Gasteiger partial charge in [0.15, 0.2) is 0 Å². The minimum atomic E-state index is -3.17. The van der Waals surface area contributed by atoms with Crippen LogP contribution in [0.2, 0.25) is 0 Å². The van der Waals surface area contributed by atoms with Crippen LogP contribution in [-0.2, 0) is 14.8 Å². The van der Waals surface area contributed by atoms with Crippen LogP contribution in [-0.4, -0.2) is 79.0 Å². The SMILES string of the molecule is CS(=O)(=O)N1CC(C(=O)N2CCN(c3ncccn3)CC2)C1. The van der Waals surface area contributed by atoms with Crippen molar-refractivity contribution in [3.8, 4) is 0 Å². The first kappa shape index (κ1) is 15.2. The van der Waals surface area contributed by atoms with Gasteiger partial charge in [0, 0.05) is 51.7 Å². The fourth-order valence-electron chi connectivity index (χ4n) is 2.70. The molecule has 2 saturated heterocycles. The summed E-state index contributed by atoms with van der Waals surface area (Å²) in [4.78, 5) is 24.6. The van der Waals surface area contributed by atoms with E-state index < -0.39 is 10.0 Å². The second-order valence-electron chi connectivity index (χ2n) is 5.64. The van der Waals surface area contributed by atoms with Crippen molar-refractivity contribution in [1.29, 1.82) is 0 Å². The van der Waals surface area contributed by atoms with Crippen LogP contribution < -0.4 is 4.90 Å². The zero-order valence-electron chi connectivity index (χ0n) is 12.4. The van der Waals surface area contributed by atoms with Crippen molar-refractivity contribution in [3.05, 3.63) is 18.5 Å². The molecular formula is C13H19N5O3S. The van der Waals surface area contributed by atoms with E-state index in [0.717, 1.165) is 0 Å². The minimum absolute atomic E-state index is 0.0496. The molecule has 120 valence electrons. The first-order chi connectivity index (χ1) is 10.4. The lowest BCUT2D eigenvalue weighted by Gasteiger charge is -2.41.